The van der Waals surface area contributed by atoms with Crippen LogP contribution < -0.4 is 111 Å². The second kappa shape index (κ2) is 4.97. The Labute approximate surface area is 131 Å². The zero-order valence-electron chi connectivity index (χ0n) is 4.39. The maximum atomic E-state index is 8.64. The zero-order chi connectivity index (χ0) is 5.45. The first kappa shape index (κ1) is 17.3. The van der Waals surface area contributed by atoms with Gasteiger partial charge in [-0.3, -0.25) is 0 Å². The van der Waals surface area contributed by atoms with Crippen LogP contribution in [0.5, 0.6) is 0 Å². The molecule has 8 heteroatoms. The molecule has 0 fully saturated rings. The van der Waals surface area contributed by atoms with E-state index in [1.165, 1.54) is 0 Å². The van der Waals surface area contributed by atoms with Crippen molar-refractivity contribution in [2.75, 3.05) is 0 Å². The molecule has 0 aromatic carbocycles. The van der Waals surface area contributed by atoms with Gasteiger partial charge in [0, 0.05) is 0 Å². The molecule has 0 aliphatic rings. The van der Waals surface area contributed by atoms with Gasteiger partial charge in [-0.2, -0.15) is 0 Å². The second-order valence-electron chi connectivity index (χ2n) is 0.589. The molecule has 8 heavy (non-hydrogen) atoms. The Hall–Kier alpha value is 3.22. The molecule has 0 aliphatic carbocycles. The molecule has 0 radical (unpaired) electrons. The summed E-state index contributed by atoms with van der Waals surface area (Å²) < 4.78 is 43.2. The van der Waals surface area contributed by atoms with Crippen LogP contribution in [0.2, 0.25) is 0 Å². The van der Waals surface area contributed by atoms with Gasteiger partial charge in [-0.1, -0.05) is 0 Å². The van der Waals surface area contributed by atoms with Crippen molar-refractivity contribution in [3.63, 3.8) is 0 Å². The number of hydrogen-bond acceptors (Lipinski definition) is 5. The minimum absolute atomic E-state index is 0. The third-order valence-corrected chi connectivity index (χ3v) is 0. The van der Waals surface area contributed by atoms with Gasteiger partial charge in [0.05, 0.1) is 0 Å². The Bertz CT molecular complexity index is 189. The van der Waals surface area contributed by atoms with Crippen molar-refractivity contribution in [2.45, 2.75) is 0 Å². The predicted molar refractivity (Wildman–Crippen MR) is 2.06 cm³/mol. The van der Waals surface area contributed by atoms with E-state index < -0.39 is 14.2 Å². The summed E-state index contributed by atoms with van der Waals surface area (Å²) in [6, 6.07) is 0. The molecule has 0 bridgehead atoms. The minimum atomic E-state index is -7.72. The van der Waals surface area contributed by atoms with Crippen molar-refractivity contribution < 1.29 is 136 Å². The van der Waals surface area contributed by atoms with E-state index >= 15 is 0 Å². The summed E-state index contributed by atoms with van der Waals surface area (Å²) in [6.07, 6.45) is 0. The Balaban J connectivity index is -0.000000125. The van der Waals surface area contributed by atoms with Gasteiger partial charge in [0.25, 0.3) is 0 Å². The SMILES string of the molecule is [K+].[K+].[O]=[Ru](=[O])(=[O])([O-])[O-]. The van der Waals surface area contributed by atoms with Crippen LogP contribution in [-0.2, 0) is 24.9 Å². The third-order valence-electron chi connectivity index (χ3n) is 0. The van der Waals surface area contributed by atoms with Crippen molar-refractivity contribution in [1.82, 2.24) is 0 Å². The Morgan fingerprint density at radius 1 is 0.875 bits per heavy atom. The molecule has 0 unspecified atom stereocenters. The summed E-state index contributed by atoms with van der Waals surface area (Å²) in [5, 5.41) is 0. The molecule has 0 aliphatic heterocycles. The first-order valence-electron chi connectivity index (χ1n) is 0.722. The van der Waals surface area contributed by atoms with Crippen LogP contribution in [-0.4, -0.2) is 0 Å². The predicted octanol–water partition coefficient (Wildman–Crippen LogP) is -8.73. The van der Waals surface area contributed by atoms with Crippen molar-refractivity contribution in [3.05, 3.63) is 0 Å². The quantitative estimate of drug-likeness (QED) is 0.402. The molecule has 0 atom stereocenters. The van der Waals surface area contributed by atoms with Crippen LogP contribution in [0.3, 0.4) is 0 Å². The van der Waals surface area contributed by atoms with E-state index in [0.717, 1.165) is 0 Å². The van der Waals surface area contributed by atoms with Gasteiger partial charge in [-0.05, 0) is 0 Å². The fourth-order valence-corrected chi connectivity index (χ4v) is 0. The van der Waals surface area contributed by atoms with Crippen LogP contribution in [0.4, 0.5) is 0 Å². The summed E-state index contributed by atoms with van der Waals surface area (Å²) in [6.45, 7) is 0. The first-order valence-corrected chi connectivity index (χ1v) is 4.27. The van der Waals surface area contributed by atoms with E-state index in [9.17, 15) is 0 Å². The Morgan fingerprint density at radius 3 is 0.875 bits per heavy atom. The Kier molecular flexibility index (Phi) is 10.8. The molecule has 0 saturated heterocycles. The maximum absolute atomic E-state index is 8.64. The molecule has 0 heterocycles. The Morgan fingerprint density at radius 2 is 0.875 bits per heavy atom. The topological polar surface area (TPSA) is 97.3 Å². The van der Waals surface area contributed by atoms with E-state index in [4.69, 9.17) is 18.6 Å². The van der Waals surface area contributed by atoms with Crippen molar-refractivity contribution in [1.29, 1.82) is 0 Å². The molecular weight excluding hydrogens is 259 g/mol. The molecule has 5 nitrogen and oxygen atoms in total. The fourth-order valence-electron chi connectivity index (χ4n) is 0. The molecule has 0 saturated carbocycles. The summed E-state index contributed by atoms with van der Waals surface area (Å²) in [7, 11) is 0. The summed E-state index contributed by atoms with van der Waals surface area (Å²) in [5.41, 5.74) is 0. The molecule has 0 aromatic heterocycles. The molecule has 0 spiro atoms. The molecular formula is K2O5Ru. The molecule has 0 aromatic rings. The van der Waals surface area contributed by atoms with E-state index in [1.54, 1.807) is 0 Å². The zero-order valence-corrected chi connectivity index (χ0v) is 12.4. The fraction of sp³-hybridized carbons (Fsp3) is 0. The average Bonchev–Trinajstić information content (AvgIpc) is 0.650. The van der Waals surface area contributed by atoms with Crippen molar-refractivity contribution in [2.24, 2.45) is 0 Å². The third kappa shape index (κ3) is 60.1. The van der Waals surface area contributed by atoms with E-state index in [2.05, 4.69) is 0 Å². The van der Waals surface area contributed by atoms with Gasteiger partial charge >= 0.3 is 136 Å². The summed E-state index contributed by atoms with van der Waals surface area (Å²) >= 11 is -7.72. The van der Waals surface area contributed by atoms with Crippen LogP contribution >= 0.6 is 0 Å². The van der Waals surface area contributed by atoms with Crippen LogP contribution in [0.1, 0.15) is 0 Å². The van der Waals surface area contributed by atoms with Crippen molar-refractivity contribution in [3.8, 4) is 0 Å². The monoisotopic (exact) mass is 260 g/mol. The van der Waals surface area contributed by atoms with Crippen LogP contribution in [0.15, 0.2) is 0 Å². The number of rotatable bonds is 0. The van der Waals surface area contributed by atoms with Gasteiger partial charge in [0.2, 0.25) is 0 Å². The molecule has 0 N–H and O–H groups in total. The van der Waals surface area contributed by atoms with Crippen LogP contribution in [0.25, 0.3) is 0 Å². The van der Waals surface area contributed by atoms with Crippen molar-refractivity contribution >= 4 is 0 Å². The standard InChI is InChI=1S/2K.5O.Ru/q2*+1;;;;2*-1;. The summed E-state index contributed by atoms with van der Waals surface area (Å²) in [5.74, 6) is 0. The van der Waals surface area contributed by atoms with Gasteiger partial charge in [0.15, 0.2) is 0 Å². The normalized spacial score (nSPS) is 14.0. The first-order chi connectivity index (χ1) is 2.24. The second-order valence-corrected chi connectivity index (χ2v) is 3.49. The van der Waals surface area contributed by atoms with Gasteiger partial charge in [-0.15, -0.1) is 0 Å². The van der Waals surface area contributed by atoms with E-state index in [0.29, 0.717) is 0 Å². The number of hydrogen-bond donors (Lipinski definition) is 0. The van der Waals surface area contributed by atoms with Gasteiger partial charge in [-0.25, -0.2) is 0 Å². The van der Waals surface area contributed by atoms with Gasteiger partial charge < -0.3 is 0 Å². The van der Waals surface area contributed by atoms with Crippen LogP contribution in [0, 0.1) is 0 Å². The molecule has 0 rings (SSSR count). The van der Waals surface area contributed by atoms with E-state index in [-0.39, 0.29) is 103 Å². The van der Waals surface area contributed by atoms with Gasteiger partial charge in [0.1, 0.15) is 0 Å². The molecule has 40 valence electrons. The average molecular weight is 259 g/mol. The van der Waals surface area contributed by atoms with E-state index in [1.807, 2.05) is 0 Å². The summed E-state index contributed by atoms with van der Waals surface area (Å²) in [4.78, 5) is 0. The molecule has 0 amide bonds.